The lowest BCUT2D eigenvalue weighted by atomic mass is 9.66. The molecule has 1 fully saturated rings. The van der Waals surface area contributed by atoms with Crippen molar-refractivity contribution in [1.82, 2.24) is 0 Å². The molecule has 1 saturated carbocycles. The van der Waals surface area contributed by atoms with Crippen LogP contribution in [0.25, 0.3) is 0 Å². The number of benzene rings is 1. The smallest absolute Gasteiger partial charge is 0.115 e. The molecule has 1 aliphatic carbocycles. The van der Waals surface area contributed by atoms with Gasteiger partial charge in [-0.15, -0.1) is 0 Å². The largest absolute Gasteiger partial charge is 0.508 e. The summed E-state index contributed by atoms with van der Waals surface area (Å²) >= 11 is 0. The Morgan fingerprint density at radius 3 is 2.10 bits per heavy atom. The first kappa shape index (κ1) is 15.4. The second-order valence-electron chi connectivity index (χ2n) is 7.41. The van der Waals surface area contributed by atoms with E-state index in [4.69, 9.17) is 5.73 Å². The van der Waals surface area contributed by atoms with Crippen LogP contribution in [0.5, 0.6) is 5.75 Å². The molecule has 2 rings (SSSR count). The highest BCUT2D eigenvalue weighted by Gasteiger charge is 2.32. The van der Waals surface area contributed by atoms with Crippen molar-refractivity contribution in [2.75, 3.05) is 6.54 Å². The monoisotopic (exact) mass is 275 g/mol. The number of hydrogen-bond donors (Lipinski definition) is 2. The lowest BCUT2D eigenvalue weighted by Gasteiger charge is -2.39. The van der Waals surface area contributed by atoms with E-state index < -0.39 is 0 Å². The molecule has 1 unspecified atom stereocenters. The number of nitrogens with two attached hydrogens (primary N) is 1. The molecule has 0 spiro atoms. The summed E-state index contributed by atoms with van der Waals surface area (Å²) in [5.41, 5.74) is 7.75. The first-order valence-electron chi connectivity index (χ1n) is 7.91. The van der Waals surface area contributed by atoms with Crippen LogP contribution in [0, 0.1) is 17.3 Å². The van der Waals surface area contributed by atoms with E-state index in [1.165, 1.54) is 31.2 Å². The first-order chi connectivity index (χ1) is 9.41. The Labute approximate surface area is 123 Å². The van der Waals surface area contributed by atoms with E-state index in [0.717, 1.165) is 5.92 Å². The Balaban J connectivity index is 2.02. The van der Waals surface area contributed by atoms with Gasteiger partial charge in [-0.1, -0.05) is 32.9 Å². The summed E-state index contributed by atoms with van der Waals surface area (Å²) in [6.07, 6.45) is 5.21. The normalized spacial score (nSPS) is 25.4. The second-order valence-corrected chi connectivity index (χ2v) is 7.41. The van der Waals surface area contributed by atoms with Gasteiger partial charge in [0.25, 0.3) is 0 Å². The molecule has 1 atom stereocenters. The Morgan fingerprint density at radius 1 is 1.10 bits per heavy atom. The van der Waals surface area contributed by atoms with E-state index in [-0.39, 0.29) is 0 Å². The van der Waals surface area contributed by atoms with Crippen LogP contribution in [0.2, 0.25) is 0 Å². The third kappa shape index (κ3) is 3.54. The van der Waals surface area contributed by atoms with Crippen LogP contribution in [-0.2, 0) is 0 Å². The predicted molar refractivity (Wildman–Crippen MR) is 84.8 cm³/mol. The van der Waals surface area contributed by atoms with Gasteiger partial charge >= 0.3 is 0 Å². The van der Waals surface area contributed by atoms with E-state index in [1.807, 2.05) is 12.1 Å². The summed E-state index contributed by atoms with van der Waals surface area (Å²) in [4.78, 5) is 0. The van der Waals surface area contributed by atoms with E-state index in [0.29, 0.717) is 29.5 Å². The average Bonchev–Trinajstić information content (AvgIpc) is 2.41. The lowest BCUT2D eigenvalue weighted by Crippen LogP contribution is -2.30. The molecular formula is C18H29NO. The number of aromatic hydroxyl groups is 1. The van der Waals surface area contributed by atoms with Crippen molar-refractivity contribution in [3.05, 3.63) is 29.8 Å². The molecule has 1 aromatic carbocycles. The minimum atomic E-state index is 0.334. The maximum Gasteiger partial charge on any atom is 0.115 e. The molecular weight excluding hydrogens is 246 g/mol. The fraction of sp³-hybridized carbons (Fsp3) is 0.667. The van der Waals surface area contributed by atoms with Gasteiger partial charge in [0.05, 0.1) is 0 Å². The van der Waals surface area contributed by atoms with E-state index in [2.05, 4.69) is 20.8 Å². The van der Waals surface area contributed by atoms with Gasteiger partial charge in [-0.05, 0) is 73.1 Å². The SMILES string of the molecule is CC(C)(C)C1CCC(C(CN)c2ccc(O)cc2)CC1. The second kappa shape index (κ2) is 6.17. The minimum Gasteiger partial charge on any atom is -0.508 e. The molecule has 0 aliphatic heterocycles. The topological polar surface area (TPSA) is 46.2 Å². The molecule has 3 N–H and O–H groups in total. The van der Waals surface area contributed by atoms with Gasteiger partial charge in [-0.25, -0.2) is 0 Å². The number of phenols is 1. The molecule has 1 aliphatic rings. The summed E-state index contributed by atoms with van der Waals surface area (Å²) in [6, 6.07) is 7.61. The molecule has 0 radical (unpaired) electrons. The zero-order chi connectivity index (χ0) is 14.8. The Morgan fingerprint density at radius 2 is 1.65 bits per heavy atom. The fourth-order valence-electron chi connectivity index (χ4n) is 3.71. The molecule has 0 saturated heterocycles. The van der Waals surface area contributed by atoms with Crippen LogP contribution in [0.1, 0.15) is 57.9 Å². The average molecular weight is 275 g/mol. The van der Waals surface area contributed by atoms with Gasteiger partial charge < -0.3 is 10.8 Å². The summed E-state index contributed by atoms with van der Waals surface area (Å²) in [5, 5.41) is 9.41. The Kier molecular flexibility index (Phi) is 4.74. The zero-order valence-corrected chi connectivity index (χ0v) is 13.1. The van der Waals surface area contributed by atoms with Crippen molar-refractivity contribution in [3.8, 4) is 5.75 Å². The maximum atomic E-state index is 9.41. The molecule has 2 heteroatoms. The minimum absolute atomic E-state index is 0.334. The highest BCUT2D eigenvalue weighted by atomic mass is 16.3. The number of rotatable bonds is 3. The molecule has 0 heterocycles. The van der Waals surface area contributed by atoms with Crippen LogP contribution < -0.4 is 5.73 Å². The predicted octanol–water partition coefficient (Wildman–Crippen LogP) is 4.29. The third-order valence-corrected chi connectivity index (χ3v) is 5.14. The lowest BCUT2D eigenvalue weighted by molar-refractivity contribution is 0.140. The standard InChI is InChI=1S/C18H29NO/c1-18(2,3)15-8-4-13(5-9-15)17(12-19)14-6-10-16(20)11-7-14/h6-7,10-11,13,15,17,20H,4-5,8-9,12,19H2,1-3H3. The van der Waals surface area contributed by atoms with Crippen LogP contribution >= 0.6 is 0 Å². The number of phenolic OH excluding ortho intramolecular Hbond substituents is 1. The van der Waals surface area contributed by atoms with Crippen molar-refractivity contribution < 1.29 is 5.11 Å². The first-order valence-corrected chi connectivity index (χ1v) is 7.91. The van der Waals surface area contributed by atoms with Crippen LogP contribution in [-0.4, -0.2) is 11.7 Å². The van der Waals surface area contributed by atoms with Crippen molar-refractivity contribution in [1.29, 1.82) is 0 Å². The number of hydrogen-bond acceptors (Lipinski definition) is 2. The molecule has 2 nitrogen and oxygen atoms in total. The summed E-state index contributed by atoms with van der Waals surface area (Å²) in [5.74, 6) is 2.32. The van der Waals surface area contributed by atoms with Crippen LogP contribution in [0.15, 0.2) is 24.3 Å². The Bertz CT molecular complexity index is 410. The molecule has 0 aromatic heterocycles. The highest BCUT2D eigenvalue weighted by Crippen LogP contribution is 2.43. The van der Waals surface area contributed by atoms with Crippen LogP contribution in [0.4, 0.5) is 0 Å². The van der Waals surface area contributed by atoms with Crippen molar-refractivity contribution in [3.63, 3.8) is 0 Å². The van der Waals surface area contributed by atoms with Crippen molar-refractivity contribution in [2.24, 2.45) is 23.0 Å². The molecule has 112 valence electrons. The van der Waals surface area contributed by atoms with Gasteiger partial charge in [0.2, 0.25) is 0 Å². The van der Waals surface area contributed by atoms with Crippen LogP contribution in [0.3, 0.4) is 0 Å². The van der Waals surface area contributed by atoms with Gasteiger partial charge in [0.15, 0.2) is 0 Å². The van der Waals surface area contributed by atoms with Gasteiger partial charge in [0.1, 0.15) is 5.75 Å². The van der Waals surface area contributed by atoms with Gasteiger partial charge in [0, 0.05) is 0 Å². The fourth-order valence-corrected chi connectivity index (χ4v) is 3.71. The quantitative estimate of drug-likeness (QED) is 0.864. The van der Waals surface area contributed by atoms with Crippen molar-refractivity contribution >= 4 is 0 Å². The third-order valence-electron chi connectivity index (χ3n) is 5.14. The van der Waals surface area contributed by atoms with E-state index in [1.54, 1.807) is 12.1 Å². The summed E-state index contributed by atoms with van der Waals surface area (Å²) in [7, 11) is 0. The maximum absolute atomic E-state index is 9.41. The zero-order valence-electron chi connectivity index (χ0n) is 13.1. The van der Waals surface area contributed by atoms with Gasteiger partial charge in [-0.2, -0.15) is 0 Å². The summed E-state index contributed by atoms with van der Waals surface area (Å²) < 4.78 is 0. The van der Waals surface area contributed by atoms with Crippen molar-refractivity contribution in [2.45, 2.75) is 52.4 Å². The molecule has 0 bridgehead atoms. The van der Waals surface area contributed by atoms with E-state index in [9.17, 15) is 5.11 Å². The molecule has 1 aromatic rings. The Hall–Kier alpha value is -1.02. The highest BCUT2D eigenvalue weighted by molar-refractivity contribution is 5.29. The molecule has 0 amide bonds. The van der Waals surface area contributed by atoms with Gasteiger partial charge in [-0.3, -0.25) is 0 Å². The van der Waals surface area contributed by atoms with E-state index >= 15 is 0 Å². The molecule has 20 heavy (non-hydrogen) atoms. The summed E-state index contributed by atoms with van der Waals surface area (Å²) in [6.45, 7) is 7.78.